The van der Waals surface area contributed by atoms with Crippen molar-refractivity contribution in [1.29, 1.82) is 0 Å². The number of methoxy groups -OCH3 is 2. The predicted octanol–water partition coefficient (Wildman–Crippen LogP) is 2.50. The molecule has 0 aliphatic carbocycles. The maximum absolute atomic E-state index is 13.5. The van der Waals surface area contributed by atoms with E-state index in [1.165, 1.54) is 18.9 Å². The Morgan fingerprint density at radius 1 is 0.824 bits per heavy atom. The van der Waals surface area contributed by atoms with Crippen molar-refractivity contribution in [3.63, 3.8) is 0 Å². The summed E-state index contributed by atoms with van der Waals surface area (Å²) in [6.07, 6.45) is 0. The number of likely N-dealkylation sites (N-methyl/N-ethyl adjacent to an activating group) is 1. The molecule has 1 amide bonds. The molecule has 0 atom stereocenters. The van der Waals surface area contributed by atoms with Crippen LogP contribution < -0.4 is 0 Å². The molecule has 2 aromatic carbocycles. The number of benzene rings is 2. The molecule has 0 unspecified atom stereocenters. The van der Waals surface area contributed by atoms with Crippen molar-refractivity contribution in [2.45, 2.75) is 0 Å². The highest BCUT2D eigenvalue weighted by Crippen LogP contribution is 2.32. The molecule has 2 heterocycles. The number of nitrogens with zero attached hydrogens (tertiary/aromatic N) is 4. The quantitative estimate of drug-likeness (QED) is 0.538. The standard InChI is InChI=1S/C25H26N4O5/c1-27-13-15-28(16-14-27)23(30)19-12-8-7-11-18(19)21-20(24(31)33-2)22(25(32)34-3)29(26-21)17-9-5-4-6-10-17/h4-12H,13-16H2,1-3H3. The van der Waals surface area contributed by atoms with Gasteiger partial charge in [0.1, 0.15) is 11.3 Å². The van der Waals surface area contributed by atoms with Gasteiger partial charge in [-0.25, -0.2) is 14.3 Å². The number of amides is 1. The van der Waals surface area contributed by atoms with Gasteiger partial charge in [-0.15, -0.1) is 0 Å². The van der Waals surface area contributed by atoms with Crippen molar-refractivity contribution >= 4 is 17.8 Å². The number of para-hydroxylation sites is 1. The first-order valence-corrected chi connectivity index (χ1v) is 10.9. The lowest BCUT2D eigenvalue weighted by Crippen LogP contribution is -2.47. The first-order chi connectivity index (χ1) is 16.5. The topological polar surface area (TPSA) is 94.0 Å². The summed E-state index contributed by atoms with van der Waals surface area (Å²) < 4.78 is 11.3. The van der Waals surface area contributed by atoms with E-state index in [2.05, 4.69) is 10.00 Å². The van der Waals surface area contributed by atoms with Crippen LogP contribution in [-0.2, 0) is 9.47 Å². The molecule has 0 saturated carbocycles. The van der Waals surface area contributed by atoms with Crippen molar-refractivity contribution in [3.05, 3.63) is 71.4 Å². The lowest BCUT2D eigenvalue weighted by molar-refractivity contribution is 0.0549. The molecule has 0 radical (unpaired) electrons. The van der Waals surface area contributed by atoms with Crippen molar-refractivity contribution in [2.75, 3.05) is 47.4 Å². The van der Waals surface area contributed by atoms with E-state index in [0.29, 0.717) is 29.9 Å². The molecule has 1 aromatic heterocycles. The molecule has 1 saturated heterocycles. The molecule has 0 spiro atoms. The molecular formula is C25H26N4O5. The zero-order chi connectivity index (χ0) is 24.2. The third kappa shape index (κ3) is 4.29. The van der Waals surface area contributed by atoms with Crippen LogP contribution in [0.25, 0.3) is 16.9 Å². The second-order valence-electron chi connectivity index (χ2n) is 7.94. The van der Waals surface area contributed by atoms with Gasteiger partial charge in [0, 0.05) is 37.3 Å². The third-order valence-electron chi connectivity index (χ3n) is 5.86. The zero-order valence-corrected chi connectivity index (χ0v) is 19.4. The van der Waals surface area contributed by atoms with E-state index in [1.807, 2.05) is 13.1 Å². The summed E-state index contributed by atoms with van der Waals surface area (Å²) >= 11 is 0. The van der Waals surface area contributed by atoms with Gasteiger partial charge >= 0.3 is 11.9 Å². The van der Waals surface area contributed by atoms with Crippen LogP contribution in [0.15, 0.2) is 54.6 Å². The Hall–Kier alpha value is -3.98. The molecule has 1 aliphatic rings. The highest BCUT2D eigenvalue weighted by molar-refractivity contribution is 6.09. The van der Waals surface area contributed by atoms with E-state index in [9.17, 15) is 14.4 Å². The Kier molecular flexibility index (Phi) is 6.74. The van der Waals surface area contributed by atoms with E-state index in [4.69, 9.17) is 9.47 Å². The van der Waals surface area contributed by atoms with Gasteiger partial charge in [0.25, 0.3) is 5.91 Å². The number of rotatable bonds is 5. The van der Waals surface area contributed by atoms with Crippen LogP contribution >= 0.6 is 0 Å². The fourth-order valence-corrected chi connectivity index (χ4v) is 4.00. The van der Waals surface area contributed by atoms with Crippen LogP contribution in [0.3, 0.4) is 0 Å². The second-order valence-corrected chi connectivity index (χ2v) is 7.94. The van der Waals surface area contributed by atoms with Gasteiger partial charge in [0.05, 0.1) is 19.9 Å². The second kappa shape index (κ2) is 9.88. The predicted molar refractivity (Wildman–Crippen MR) is 125 cm³/mol. The van der Waals surface area contributed by atoms with Gasteiger partial charge in [-0.2, -0.15) is 5.10 Å². The Bertz CT molecular complexity index is 1210. The molecule has 0 bridgehead atoms. The molecule has 0 N–H and O–H groups in total. The summed E-state index contributed by atoms with van der Waals surface area (Å²) in [4.78, 5) is 43.2. The molecule has 9 heteroatoms. The number of carbonyl (C=O) groups excluding carboxylic acids is 3. The van der Waals surface area contributed by atoms with Crippen molar-refractivity contribution < 1.29 is 23.9 Å². The minimum atomic E-state index is -0.751. The number of piperazine rings is 1. The smallest absolute Gasteiger partial charge is 0.357 e. The minimum absolute atomic E-state index is 0.0585. The normalized spacial score (nSPS) is 14.0. The fraction of sp³-hybridized carbons (Fsp3) is 0.280. The van der Waals surface area contributed by atoms with Gasteiger partial charge in [-0.3, -0.25) is 4.79 Å². The monoisotopic (exact) mass is 462 g/mol. The van der Waals surface area contributed by atoms with E-state index < -0.39 is 11.9 Å². The SMILES string of the molecule is COC(=O)c1c(-c2ccccc2C(=O)N2CCN(C)CC2)nn(-c2ccccc2)c1C(=O)OC. The zero-order valence-electron chi connectivity index (χ0n) is 19.4. The maximum atomic E-state index is 13.5. The lowest BCUT2D eigenvalue weighted by atomic mass is 9.99. The third-order valence-corrected chi connectivity index (χ3v) is 5.86. The number of ether oxygens (including phenoxy) is 2. The van der Waals surface area contributed by atoms with Crippen LogP contribution in [0.2, 0.25) is 0 Å². The van der Waals surface area contributed by atoms with Gasteiger partial charge in [0.2, 0.25) is 0 Å². The van der Waals surface area contributed by atoms with E-state index >= 15 is 0 Å². The number of aromatic nitrogens is 2. The van der Waals surface area contributed by atoms with E-state index in [0.717, 1.165) is 13.1 Å². The number of esters is 2. The molecule has 9 nitrogen and oxygen atoms in total. The van der Waals surface area contributed by atoms with Crippen LogP contribution in [0.1, 0.15) is 31.2 Å². The average Bonchev–Trinajstić information content (AvgIpc) is 3.29. The van der Waals surface area contributed by atoms with Gasteiger partial charge < -0.3 is 19.3 Å². The van der Waals surface area contributed by atoms with Gasteiger partial charge in [-0.05, 0) is 25.2 Å². The van der Waals surface area contributed by atoms with Gasteiger partial charge in [0.15, 0.2) is 5.69 Å². The van der Waals surface area contributed by atoms with Crippen molar-refractivity contribution in [1.82, 2.24) is 19.6 Å². The fourth-order valence-electron chi connectivity index (χ4n) is 4.00. The highest BCUT2D eigenvalue weighted by atomic mass is 16.5. The Labute approximate surface area is 197 Å². The summed E-state index contributed by atoms with van der Waals surface area (Å²) in [7, 11) is 4.48. The molecule has 34 heavy (non-hydrogen) atoms. The van der Waals surface area contributed by atoms with E-state index in [1.54, 1.807) is 53.4 Å². The summed E-state index contributed by atoms with van der Waals surface area (Å²) in [5.41, 5.74) is 1.43. The van der Waals surface area contributed by atoms with Crippen LogP contribution in [0.5, 0.6) is 0 Å². The van der Waals surface area contributed by atoms with Crippen LogP contribution in [-0.4, -0.2) is 84.9 Å². The average molecular weight is 463 g/mol. The van der Waals surface area contributed by atoms with Crippen molar-refractivity contribution in [2.24, 2.45) is 0 Å². The molecular weight excluding hydrogens is 436 g/mol. The summed E-state index contributed by atoms with van der Waals surface area (Å²) in [6.45, 7) is 2.74. The first kappa shape index (κ1) is 23.2. The van der Waals surface area contributed by atoms with Crippen LogP contribution in [0, 0.1) is 0 Å². The summed E-state index contributed by atoms with van der Waals surface area (Å²) in [5, 5.41) is 4.62. The molecule has 3 aromatic rings. The molecule has 4 rings (SSSR count). The minimum Gasteiger partial charge on any atom is -0.465 e. The van der Waals surface area contributed by atoms with Crippen LogP contribution in [0.4, 0.5) is 0 Å². The summed E-state index contributed by atoms with van der Waals surface area (Å²) in [6, 6.07) is 15.9. The van der Waals surface area contributed by atoms with Crippen molar-refractivity contribution in [3.8, 4) is 16.9 Å². The number of carbonyl (C=O) groups is 3. The van der Waals surface area contributed by atoms with E-state index in [-0.39, 0.29) is 22.9 Å². The maximum Gasteiger partial charge on any atom is 0.357 e. The number of hydrogen-bond acceptors (Lipinski definition) is 7. The lowest BCUT2D eigenvalue weighted by Gasteiger charge is -2.32. The first-order valence-electron chi connectivity index (χ1n) is 10.9. The Balaban J connectivity index is 1.92. The number of hydrogen-bond donors (Lipinski definition) is 0. The summed E-state index contributed by atoms with van der Waals surface area (Å²) in [5.74, 6) is -1.65. The molecule has 176 valence electrons. The largest absolute Gasteiger partial charge is 0.465 e. The Morgan fingerprint density at radius 2 is 1.44 bits per heavy atom. The molecule has 1 fully saturated rings. The van der Waals surface area contributed by atoms with Gasteiger partial charge in [-0.1, -0.05) is 36.4 Å². The highest BCUT2D eigenvalue weighted by Gasteiger charge is 2.33. The Morgan fingerprint density at radius 3 is 2.09 bits per heavy atom. The molecule has 1 aliphatic heterocycles.